The van der Waals surface area contributed by atoms with Gasteiger partial charge < -0.3 is 20.5 Å². The summed E-state index contributed by atoms with van der Waals surface area (Å²) in [7, 11) is 0. The standard InChI is InChI=1S/C22H26N4O2/c23-10-4-7-21(27)25-14-19(15-25)26(13-16-8-9-16)20-11-18(12-24-22(20)28)17-5-2-1-3-6-17/h1-7,11-12,16,19H,8-10,13-15,23H2,(H,24,28). The molecule has 0 spiro atoms. The molecule has 0 unspecified atom stereocenters. The van der Waals surface area contributed by atoms with Crippen molar-refractivity contribution in [3.8, 4) is 11.1 Å². The number of rotatable bonds is 7. The number of hydrogen-bond acceptors (Lipinski definition) is 4. The van der Waals surface area contributed by atoms with Gasteiger partial charge >= 0.3 is 0 Å². The highest BCUT2D eigenvalue weighted by Crippen LogP contribution is 2.33. The first-order valence-corrected chi connectivity index (χ1v) is 9.86. The van der Waals surface area contributed by atoms with E-state index in [-0.39, 0.29) is 17.5 Å². The van der Waals surface area contributed by atoms with E-state index in [2.05, 4.69) is 9.88 Å². The number of nitrogens with zero attached hydrogens (tertiary/aromatic N) is 2. The van der Waals surface area contributed by atoms with Gasteiger partial charge in [-0.2, -0.15) is 0 Å². The molecule has 0 bridgehead atoms. The molecule has 146 valence electrons. The summed E-state index contributed by atoms with van der Waals surface area (Å²) in [5, 5.41) is 0. The van der Waals surface area contributed by atoms with Crippen LogP contribution < -0.4 is 16.2 Å². The van der Waals surface area contributed by atoms with E-state index in [1.54, 1.807) is 17.2 Å². The first-order valence-electron chi connectivity index (χ1n) is 9.86. The van der Waals surface area contributed by atoms with Gasteiger partial charge in [0.25, 0.3) is 5.56 Å². The van der Waals surface area contributed by atoms with Crippen LogP contribution in [0.3, 0.4) is 0 Å². The van der Waals surface area contributed by atoms with E-state index in [0.717, 1.165) is 17.7 Å². The van der Waals surface area contributed by atoms with Crippen molar-refractivity contribution in [3.05, 3.63) is 65.1 Å². The van der Waals surface area contributed by atoms with Gasteiger partial charge in [0.1, 0.15) is 5.69 Å². The van der Waals surface area contributed by atoms with Crippen LogP contribution >= 0.6 is 0 Å². The van der Waals surface area contributed by atoms with Crippen LogP contribution in [0.4, 0.5) is 5.69 Å². The van der Waals surface area contributed by atoms with Crippen LogP contribution in [-0.2, 0) is 4.79 Å². The van der Waals surface area contributed by atoms with E-state index in [9.17, 15) is 9.59 Å². The van der Waals surface area contributed by atoms with Gasteiger partial charge in [-0.15, -0.1) is 0 Å². The van der Waals surface area contributed by atoms with E-state index < -0.39 is 0 Å². The molecule has 1 aliphatic carbocycles. The van der Waals surface area contributed by atoms with Gasteiger partial charge in [-0.3, -0.25) is 9.59 Å². The molecule has 0 atom stereocenters. The lowest BCUT2D eigenvalue weighted by Crippen LogP contribution is -2.62. The fraction of sp³-hybridized carbons (Fsp3) is 0.364. The maximum atomic E-state index is 12.6. The molecule has 6 heteroatoms. The number of hydrogen-bond donors (Lipinski definition) is 2. The van der Waals surface area contributed by atoms with E-state index >= 15 is 0 Å². The minimum Gasteiger partial charge on any atom is -0.360 e. The van der Waals surface area contributed by atoms with Gasteiger partial charge in [0, 0.05) is 44.0 Å². The highest BCUT2D eigenvalue weighted by atomic mass is 16.2. The third-order valence-corrected chi connectivity index (χ3v) is 5.46. The molecule has 1 saturated carbocycles. The number of carbonyl (C=O) groups excluding carboxylic acids is 1. The van der Waals surface area contributed by atoms with Crippen LogP contribution in [0, 0.1) is 5.92 Å². The predicted molar refractivity (Wildman–Crippen MR) is 111 cm³/mol. The fourth-order valence-corrected chi connectivity index (χ4v) is 3.61. The van der Waals surface area contributed by atoms with Crippen molar-refractivity contribution in [2.75, 3.05) is 31.1 Å². The molecule has 3 N–H and O–H groups in total. The number of pyridine rings is 1. The Kier molecular flexibility index (Phi) is 5.30. The second-order valence-electron chi connectivity index (χ2n) is 7.60. The molecule has 2 aromatic rings. The Hall–Kier alpha value is -2.86. The monoisotopic (exact) mass is 378 g/mol. The number of aromatic amines is 1. The summed E-state index contributed by atoms with van der Waals surface area (Å²) in [6.45, 7) is 2.50. The van der Waals surface area contributed by atoms with E-state index in [0.29, 0.717) is 31.2 Å². The normalized spacial score (nSPS) is 17.0. The zero-order valence-electron chi connectivity index (χ0n) is 15.9. The Bertz CT molecular complexity index is 912. The average Bonchev–Trinajstić information content (AvgIpc) is 3.50. The molecule has 1 aliphatic heterocycles. The second-order valence-corrected chi connectivity index (χ2v) is 7.60. The topological polar surface area (TPSA) is 82.4 Å². The summed E-state index contributed by atoms with van der Waals surface area (Å²) >= 11 is 0. The number of likely N-dealkylation sites (tertiary alicyclic amines) is 1. The smallest absolute Gasteiger partial charge is 0.271 e. The minimum atomic E-state index is -0.0758. The fourth-order valence-electron chi connectivity index (χ4n) is 3.61. The Morgan fingerprint density at radius 2 is 1.96 bits per heavy atom. The number of aromatic nitrogens is 1. The average molecular weight is 378 g/mol. The second kappa shape index (κ2) is 8.02. The van der Waals surface area contributed by atoms with E-state index in [4.69, 9.17) is 5.73 Å². The zero-order valence-corrected chi connectivity index (χ0v) is 15.9. The summed E-state index contributed by atoms with van der Waals surface area (Å²) in [4.78, 5) is 31.7. The van der Waals surface area contributed by atoms with Crippen LogP contribution in [0.1, 0.15) is 12.8 Å². The highest BCUT2D eigenvalue weighted by Gasteiger charge is 2.37. The number of carbonyl (C=O) groups is 1. The van der Waals surface area contributed by atoms with Gasteiger partial charge in [-0.25, -0.2) is 0 Å². The molecule has 2 fully saturated rings. The van der Waals surface area contributed by atoms with E-state index in [1.807, 2.05) is 36.4 Å². The first-order chi connectivity index (χ1) is 13.7. The lowest BCUT2D eigenvalue weighted by atomic mass is 10.0. The minimum absolute atomic E-state index is 0.0139. The third kappa shape index (κ3) is 4.02. The highest BCUT2D eigenvalue weighted by molar-refractivity contribution is 5.88. The number of benzene rings is 1. The predicted octanol–water partition coefficient (Wildman–Crippen LogP) is 1.98. The molecule has 28 heavy (non-hydrogen) atoms. The van der Waals surface area contributed by atoms with Crippen LogP contribution in [0.5, 0.6) is 0 Å². The molecule has 6 nitrogen and oxygen atoms in total. The van der Waals surface area contributed by atoms with Gasteiger partial charge in [0.05, 0.1) is 6.04 Å². The molecular weight excluding hydrogens is 352 g/mol. The number of anilines is 1. The van der Waals surface area contributed by atoms with Gasteiger partial charge in [-0.1, -0.05) is 36.4 Å². The van der Waals surface area contributed by atoms with Gasteiger partial charge in [0.2, 0.25) is 5.91 Å². The molecule has 1 aromatic carbocycles. The number of nitrogens with one attached hydrogen (secondary N) is 1. The number of H-pyrrole nitrogens is 1. The lowest BCUT2D eigenvalue weighted by Gasteiger charge is -2.46. The SMILES string of the molecule is NCC=CC(=O)N1CC(N(CC2CC2)c2cc(-c3ccccc3)c[nH]c2=O)C1. The summed E-state index contributed by atoms with van der Waals surface area (Å²) in [5.41, 5.74) is 8.11. The summed E-state index contributed by atoms with van der Waals surface area (Å²) in [6, 6.07) is 12.2. The maximum absolute atomic E-state index is 12.6. The number of amides is 1. The molecular formula is C22H26N4O2. The van der Waals surface area contributed by atoms with Crippen molar-refractivity contribution < 1.29 is 4.79 Å². The molecule has 2 aliphatic rings. The Morgan fingerprint density at radius 1 is 1.21 bits per heavy atom. The molecule has 1 saturated heterocycles. The Labute approximate surface area is 164 Å². The van der Waals surface area contributed by atoms with Crippen molar-refractivity contribution >= 4 is 11.6 Å². The summed E-state index contributed by atoms with van der Waals surface area (Å²) in [6.07, 6.45) is 7.39. The summed E-state index contributed by atoms with van der Waals surface area (Å²) < 4.78 is 0. The van der Waals surface area contributed by atoms with Crippen LogP contribution in [-0.4, -0.2) is 48.0 Å². The molecule has 1 aromatic heterocycles. The molecule has 0 radical (unpaired) electrons. The van der Waals surface area contributed by atoms with Crippen LogP contribution in [0.15, 0.2) is 59.5 Å². The third-order valence-electron chi connectivity index (χ3n) is 5.46. The molecule has 2 heterocycles. The Balaban J connectivity index is 1.56. The summed E-state index contributed by atoms with van der Waals surface area (Å²) in [5.74, 6) is 0.627. The van der Waals surface area contributed by atoms with Crippen molar-refractivity contribution in [2.45, 2.75) is 18.9 Å². The van der Waals surface area contributed by atoms with Gasteiger partial charge in [-0.05, 0) is 30.4 Å². The molecule has 4 rings (SSSR count). The quantitative estimate of drug-likeness (QED) is 0.722. The van der Waals surface area contributed by atoms with Crippen molar-refractivity contribution in [1.29, 1.82) is 0 Å². The van der Waals surface area contributed by atoms with Crippen molar-refractivity contribution in [3.63, 3.8) is 0 Å². The number of nitrogens with two attached hydrogens (primary N) is 1. The first kappa shape index (κ1) is 18.5. The Morgan fingerprint density at radius 3 is 2.64 bits per heavy atom. The lowest BCUT2D eigenvalue weighted by molar-refractivity contribution is -0.130. The van der Waals surface area contributed by atoms with Crippen LogP contribution in [0.2, 0.25) is 0 Å². The maximum Gasteiger partial charge on any atom is 0.271 e. The largest absolute Gasteiger partial charge is 0.360 e. The van der Waals surface area contributed by atoms with E-state index in [1.165, 1.54) is 18.9 Å². The van der Waals surface area contributed by atoms with Gasteiger partial charge in [0.15, 0.2) is 0 Å². The van der Waals surface area contributed by atoms with Crippen molar-refractivity contribution in [1.82, 2.24) is 9.88 Å². The zero-order chi connectivity index (χ0) is 19.5. The molecule has 1 amide bonds. The van der Waals surface area contributed by atoms with Crippen LogP contribution in [0.25, 0.3) is 11.1 Å². The van der Waals surface area contributed by atoms with Crippen molar-refractivity contribution in [2.24, 2.45) is 11.7 Å².